The van der Waals surface area contributed by atoms with Crippen LogP contribution in [0.25, 0.3) is 11.5 Å². The lowest BCUT2D eigenvalue weighted by atomic mass is 9.98. The zero-order valence-electron chi connectivity index (χ0n) is 20.6. The minimum atomic E-state index is 0.0497. The fraction of sp³-hybridized carbons (Fsp3) is 0.276. The molecule has 3 atom stereocenters. The first kappa shape index (κ1) is 24.2. The normalized spacial score (nSPS) is 20.2. The average molecular weight is 524 g/mol. The van der Waals surface area contributed by atoms with Crippen molar-refractivity contribution in [2.45, 2.75) is 54.8 Å². The number of rotatable bonds is 7. The van der Waals surface area contributed by atoms with Crippen LogP contribution in [-0.4, -0.2) is 44.2 Å². The summed E-state index contributed by atoms with van der Waals surface area (Å²) in [6.07, 6.45) is 7.03. The molecule has 4 heterocycles. The first-order valence-corrected chi connectivity index (χ1v) is 13.6. The lowest BCUT2D eigenvalue weighted by Crippen LogP contribution is -2.49. The highest BCUT2D eigenvalue weighted by Crippen LogP contribution is 2.38. The number of thioether (sulfide) groups is 1. The first-order chi connectivity index (χ1) is 18.7. The molecule has 1 unspecified atom stereocenters. The summed E-state index contributed by atoms with van der Waals surface area (Å²) in [7, 11) is 0. The van der Waals surface area contributed by atoms with E-state index in [9.17, 15) is 4.79 Å². The number of pyridine rings is 1. The van der Waals surface area contributed by atoms with Gasteiger partial charge in [-0.15, -0.1) is 10.2 Å². The zero-order valence-corrected chi connectivity index (χ0v) is 21.4. The Morgan fingerprint density at radius 1 is 1.05 bits per heavy atom. The smallest absolute Gasteiger partial charge is 0.277 e. The average Bonchev–Trinajstić information content (AvgIpc) is 3.54. The van der Waals surface area contributed by atoms with Crippen LogP contribution in [0, 0.1) is 11.3 Å². The molecule has 2 aliphatic heterocycles. The molecule has 2 aromatic heterocycles. The summed E-state index contributed by atoms with van der Waals surface area (Å²) in [5, 5.41) is 17.9. The number of hydrogen-bond acceptors (Lipinski definition) is 8. The molecule has 38 heavy (non-hydrogen) atoms. The molecule has 2 saturated heterocycles. The Kier molecular flexibility index (Phi) is 6.80. The van der Waals surface area contributed by atoms with E-state index in [0.29, 0.717) is 28.0 Å². The van der Waals surface area contributed by atoms with Gasteiger partial charge < -0.3 is 14.1 Å². The molecule has 2 fully saturated rings. The third kappa shape index (κ3) is 5.13. The molecule has 0 spiro atoms. The Balaban J connectivity index is 1.05. The lowest BCUT2D eigenvalue weighted by molar-refractivity contribution is 0.0359. The summed E-state index contributed by atoms with van der Waals surface area (Å²) in [5.74, 6) is 1.93. The van der Waals surface area contributed by atoms with Crippen molar-refractivity contribution >= 4 is 17.7 Å². The molecule has 2 aliphatic rings. The van der Waals surface area contributed by atoms with Crippen molar-refractivity contribution in [1.29, 1.82) is 5.26 Å². The molecular formula is C29H25N5O3S. The van der Waals surface area contributed by atoms with Gasteiger partial charge in [-0.25, -0.2) is 0 Å². The van der Waals surface area contributed by atoms with Crippen LogP contribution in [-0.2, 0) is 5.75 Å². The standard InChI is InChI=1S/C29H25N5O3S/c30-17-20-2-1-3-25(14-20)36-26-15-23-8-9-24(16-26)34(23)28(35)22-6-4-19(5-7-22)18-38-29-33-32-27(37-29)21-10-12-31-13-11-21/h1-7,10-14,23-24,26H,8-9,15-16,18H2/t23-,24+,26?. The van der Waals surface area contributed by atoms with Gasteiger partial charge in [0, 0.05) is 54.2 Å². The van der Waals surface area contributed by atoms with Crippen LogP contribution >= 0.6 is 11.8 Å². The molecule has 1 amide bonds. The van der Waals surface area contributed by atoms with Crippen LogP contribution in [0.4, 0.5) is 0 Å². The van der Waals surface area contributed by atoms with E-state index in [2.05, 4.69) is 26.2 Å². The van der Waals surface area contributed by atoms with Gasteiger partial charge in [0.25, 0.3) is 11.1 Å². The van der Waals surface area contributed by atoms with Crippen molar-refractivity contribution in [1.82, 2.24) is 20.1 Å². The quantitative estimate of drug-likeness (QED) is 0.292. The molecule has 6 rings (SSSR count). The van der Waals surface area contributed by atoms with Crippen molar-refractivity contribution in [3.8, 4) is 23.3 Å². The number of nitriles is 1. The summed E-state index contributed by atoms with van der Waals surface area (Å²) >= 11 is 1.46. The number of fused-ring (bicyclic) bond motifs is 2. The second kappa shape index (κ2) is 10.7. The molecule has 0 N–H and O–H groups in total. The lowest BCUT2D eigenvalue weighted by Gasteiger charge is -2.39. The van der Waals surface area contributed by atoms with Gasteiger partial charge >= 0.3 is 0 Å². The van der Waals surface area contributed by atoms with Crippen LogP contribution in [0.15, 0.2) is 82.7 Å². The van der Waals surface area contributed by atoms with Crippen LogP contribution < -0.4 is 4.74 Å². The monoisotopic (exact) mass is 523 g/mol. The number of piperidine rings is 1. The van der Waals surface area contributed by atoms with E-state index in [1.54, 1.807) is 24.5 Å². The van der Waals surface area contributed by atoms with Gasteiger partial charge in [-0.2, -0.15) is 5.26 Å². The van der Waals surface area contributed by atoms with Gasteiger partial charge in [0.05, 0.1) is 11.6 Å². The van der Waals surface area contributed by atoms with Gasteiger partial charge in [0.1, 0.15) is 11.9 Å². The van der Waals surface area contributed by atoms with Crippen LogP contribution in [0.3, 0.4) is 0 Å². The molecule has 0 saturated carbocycles. The maximum atomic E-state index is 13.4. The highest BCUT2D eigenvalue weighted by Gasteiger charge is 2.44. The number of carbonyl (C=O) groups excluding carboxylic acids is 1. The highest BCUT2D eigenvalue weighted by atomic mass is 32.2. The largest absolute Gasteiger partial charge is 0.490 e. The second-order valence-corrected chi connectivity index (χ2v) is 10.5. The molecule has 8 nitrogen and oxygen atoms in total. The van der Waals surface area contributed by atoms with E-state index >= 15 is 0 Å². The summed E-state index contributed by atoms with van der Waals surface area (Å²) < 4.78 is 12.0. The van der Waals surface area contributed by atoms with E-state index in [1.165, 1.54) is 11.8 Å². The van der Waals surface area contributed by atoms with Gasteiger partial charge in [-0.1, -0.05) is 30.0 Å². The summed E-state index contributed by atoms with van der Waals surface area (Å²) in [6.45, 7) is 0. The number of hydrogen-bond donors (Lipinski definition) is 0. The third-order valence-corrected chi connectivity index (χ3v) is 7.98. The molecular weight excluding hydrogens is 498 g/mol. The maximum absolute atomic E-state index is 13.4. The first-order valence-electron chi connectivity index (χ1n) is 12.6. The Labute approximate surface area is 224 Å². The van der Waals surface area contributed by atoms with E-state index in [-0.39, 0.29) is 24.1 Å². The highest BCUT2D eigenvalue weighted by molar-refractivity contribution is 7.98. The Morgan fingerprint density at radius 2 is 1.82 bits per heavy atom. The Morgan fingerprint density at radius 3 is 2.55 bits per heavy atom. The number of aromatic nitrogens is 3. The minimum Gasteiger partial charge on any atom is -0.490 e. The van der Waals surface area contributed by atoms with Gasteiger partial charge in [-0.05, 0) is 60.9 Å². The molecule has 0 radical (unpaired) electrons. The number of amides is 1. The summed E-state index contributed by atoms with van der Waals surface area (Å²) in [6, 6.07) is 21.2. The van der Waals surface area contributed by atoms with Gasteiger partial charge in [0.2, 0.25) is 5.89 Å². The van der Waals surface area contributed by atoms with Gasteiger partial charge in [0.15, 0.2) is 0 Å². The Bertz CT molecular complexity index is 1450. The summed E-state index contributed by atoms with van der Waals surface area (Å²) in [5.41, 5.74) is 3.20. The number of ether oxygens (including phenoxy) is 1. The van der Waals surface area contributed by atoms with Crippen molar-refractivity contribution in [3.05, 3.63) is 89.7 Å². The zero-order chi connectivity index (χ0) is 25.9. The second-order valence-electron chi connectivity index (χ2n) is 9.54. The Hall–Kier alpha value is -4.16. The van der Waals surface area contributed by atoms with Crippen molar-refractivity contribution in [2.24, 2.45) is 0 Å². The number of nitrogens with zero attached hydrogens (tertiary/aromatic N) is 5. The molecule has 0 aliphatic carbocycles. The number of benzene rings is 2. The van der Waals surface area contributed by atoms with Gasteiger partial charge in [-0.3, -0.25) is 9.78 Å². The summed E-state index contributed by atoms with van der Waals surface area (Å²) in [4.78, 5) is 19.5. The van der Waals surface area contributed by atoms with Crippen LogP contribution in [0.1, 0.15) is 47.2 Å². The molecule has 190 valence electrons. The minimum absolute atomic E-state index is 0.0497. The van der Waals surface area contributed by atoms with Crippen molar-refractivity contribution < 1.29 is 13.9 Å². The van der Waals surface area contributed by atoms with Crippen LogP contribution in [0.2, 0.25) is 0 Å². The fourth-order valence-corrected chi connectivity index (χ4v) is 6.02. The van der Waals surface area contributed by atoms with E-state index < -0.39 is 0 Å². The molecule has 2 bridgehead atoms. The third-order valence-electron chi connectivity index (χ3n) is 7.09. The fourth-order valence-electron chi connectivity index (χ4n) is 5.30. The van der Waals surface area contributed by atoms with E-state index in [4.69, 9.17) is 14.4 Å². The molecule has 4 aromatic rings. The predicted octanol–water partition coefficient (Wildman–Crippen LogP) is 5.51. The van der Waals surface area contributed by atoms with Crippen LogP contribution in [0.5, 0.6) is 5.75 Å². The number of carbonyl (C=O) groups is 1. The van der Waals surface area contributed by atoms with Crippen molar-refractivity contribution in [3.63, 3.8) is 0 Å². The maximum Gasteiger partial charge on any atom is 0.277 e. The van der Waals surface area contributed by atoms with E-state index in [1.807, 2.05) is 48.5 Å². The predicted molar refractivity (Wildman–Crippen MR) is 141 cm³/mol. The SMILES string of the molecule is N#Cc1cccc(OC2C[C@H]3CC[C@@H](C2)N3C(=O)c2ccc(CSc3nnc(-c4ccncc4)o3)cc2)c1. The van der Waals surface area contributed by atoms with Crippen molar-refractivity contribution in [2.75, 3.05) is 0 Å². The molecule has 9 heteroatoms. The molecule has 2 aromatic carbocycles. The topological polar surface area (TPSA) is 105 Å². The van der Waals surface area contributed by atoms with E-state index in [0.717, 1.165) is 42.6 Å².